The quantitative estimate of drug-likeness (QED) is 0.703. The first-order valence-corrected chi connectivity index (χ1v) is 7.12. The lowest BCUT2D eigenvalue weighted by Crippen LogP contribution is -2.49. The number of fused-ring (bicyclic) bond motifs is 2. The Kier molecular flexibility index (Phi) is 3.52. The van der Waals surface area contributed by atoms with Crippen LogP contribution >= 0.6 is 0 Å². The number of carboxylic acids is 1. The summed E-state index contributed by atoms with van der Waals surface area (Å²) in [4.78, 5) is 26.0. The molecule has 0 spiro atoms. The van der Waals surface area contributed by atoms with Crippen molar-refractivity contribution in [3.8, 4) is 0 Å². The van der Waals surface area contributed by atoms with Gasteiger partial charge in [0.15, 0.2) is 0 Å². The standard InChI is InChI=1S/C14H20N2O4/c1-16-6-4-8(5-7-16)15-13(17)11-9-2-3-10(20-9)12(11)14(18)19/h2-3,8-12H,4-7H2,1H3,(H,15,17)(H,18,19)/t9-,10-,11-,12-/m1/s1. The Morgan fingerprint density at radius 3 is 2.40 bits per heavy atom. The molecule has 2 fully saturated rings. The van der Waals surface area contributed by atoms with Gasteiger partial charge in [0.2, 0.25) is 5.91 Å². The van der Waals surface area contributed by atoms with E-state index in [4.69, 9.17) is 4.74 Å². The van der Waals surface area contributed by atoms with Gasteiger partial charge in [0, 0.05) is 6.04 Å². The number of carbonyl (C=O) groups is 2. The largest absolute Gasteiger partial charge is 0.481 e. The molecule has 3 rings (SSSR count). The first kappa shape index (κ1) is 13.6. The maximum absolute atomic E-state index is 12.4. The molecule has 3 aliphatic heterocycles. The monoisotopic (exact) mass is 280 g/mol. The number of hydrogen-bond acceptors (Lipinski definition) is 4. The molecule has 3 aliphatic rings. The van der Waals surface area contributed by atoms with Crippen molar-refractivity contribution in [3.05, 3.63) is 12.2 Å². The van der Waals surface area contributed by atoms with Crippen molar-refractivity contribution in [2.45, 2.75) is 31.1 Å². The molecule has 1 amide bonds. The average Bonchev–Trinajstić information content (AvgIpc) is 3.01. The van der Waals surface area contributed by atoms with Crippen LogP contribution in [0.25, 0.3) is 0 Å². The Labute approximate surface area is 117 Å². The number of carbonyl (C=O) groups excluding carboxylic acids is 1. The third-order valence-electron chi connectivity index (χ3n) is 4.55. The van der Waals surface area contributed by atoms with Crippen LogP contribution in [0.1, 0.15) is 12.8 Å². The molecule has 20 heavy (non-hydrogen) atoms. The van der Waals surface area contributed by atoms with Gasteiger partial charge in [0.1, 0.15) is 5.92 Å². The summed E-state index contributed by atoms with van der Waals surface area (Å²) in [6.45, 7) is 1.92. The first-order chi connectivity index (χ1) is 9.56. The molecule has 2 saturated heterocycles. The number of likely N-dealkylation sites (tertiary alicyclic amines) is 1. The van der Waals surface area contributed by atoms with Gasteiger partial charge < -0.3 is 20.1 Å². The molecule has 0 unspecified atom stereocenters. The molecule has 2 N–H and O–H groups in total. The van der Waals surface area contributed by atoms with Crippen LogP contribution in [0.2, 0.25) is 0 Å². The summed E-state index contributed by atoms with van der Waals surface area (Å²) in [5.41, 5.74) is 0. The Hall–Kier alpha value is -1.40. The van der Waals surface area contributed by atoms with Gasteiger partial charge in [0.25, 0.3) is 0 Å². The zero-order valence-corrected chi connectivity index (χ0v) is 11.5. The van der Waals surface area contributed by atoms with E-state index in [1.807, 2.05) is 6.08 Å². The van der Waals surface area contributed by atoms with Crippen LogP contribution in [0.4, 0.5) is 0 Å². The molecule has 110 valence electrons. The van der Waals surface area contributed by atoms with Gasteiger partial charge in [-0.15, -0.1) is 0 Å². The van der Waals surface area contributed by atoms with Gasteiger partial charge in [-0.1, -0.05) is 12.2 Å². The molecule has 0 aromatic carbocycles. The molecular weight excluding hydrogens is 260 g/mol. The summed E-state index contributed by atoms with van der Waals surface area (Å²) in [6, 6.07) is 0.149. The Morgan fingerprint density at radius 1 is 1.20 bits per heavy atom. The summed E-state index contributed by atoms with van der Waals surface area (Å²) >= 11 is 0. The second-order valence-corrected chi connectivity index (χ2v) is 5.93. The molecule has 6 nitrogen and oxygen atoms in total. The van der Waals surface area contributed by atoms with E-state index in [2.05, 4.69) is 17.3 Å². The minimum Gasteiger partial charge on any atom is -0.481 e. The van der Waals surface area contributed by atoms with Crippen LogP contribution in [0.5, 0.6) is 0 Å². The van der Waals surface area contributed by atoms with Crippen molar-refractivity contribution in [1.29, 1.82) is 0 Å². The Bertz CT molecular complexity index is 442. The summed E-state index contributed by atoms with van der Waals surface area (Å²) in [6.07, 6.45) is 4.55. The molecule has 0 aromatic rings. The summed E-state index contributed by atoms with van der Waals surface area (Å²) < 4.78 is 5.53. The van der Waals surface area contributed by atoms with E-state index in [9.17, 15) is 14.7 Å². The Morgan fingerprint density at radius 2 is 1.80 bits per heavy atom. The van der Waals surface area contributed by atoms with E-state index < -0.39 is 23.9 Å². The van der Waals surface area contributed by atoms with E-state index in [0.29, 0.717) is 0 Å². The van der Waals surface area contributed by atoms with E-state index in [1.54, 1.807) is 6.08 Å². The van der Waals surface area contributed by atoms with Crippen LogP contribution in [0.3, 0.4) is 0 Å². The van der Waals surface area contributed by atoms with Crippen molar-refractivity contribution in [3.63, 3.8) is 0 Å². The SMILES string of the molecule is CN1CCC(NC(=O)[C@H]2[C@H](C(=O)O)[C@H]3C=C[C@H]2O3)CC1. The molecule has 3 heterocycles. The van der Waals surface area contributed by atoms with Crippen molar-refractivity contribution >= 4 is 11.9 Å². The van der Waals surface area contributed by atoms with Crippen molar-refractivity contribution in [2.75, 3.05) is 20.1 Å². The topological polar surface area (TPSA) is 78.9 Å². The van der Waals surface area contributed by atoms with Crippen LogP contribution in [0.15, 0.2) is 12.2 Å². The second kappa shape index (κ2) is 5.18. The lowest BCUT2D eigenvalue weighted by Gasteiger charge is -2.31. The zero-order chi connectivity index (χ0) is 14.3. The molecule has 4 atom stereocenters. The lowest BCUT2D eigenvalue weighted by atomic mass is 9.82. The molecular formula is C14H20N2O4. The van der Waals surface area contributed by atoms with Gasteiger partial charge in [-0.3, -0.25) is 9.59 Å². The fourth-order valence-corrected chi connectivity index (χ4v) is 3.37. The zero-order valence-electron chi connectivity index (χ0n) is 11.5. The van der Waals surface area contributed by atoms with Gasteiger partial charge in [-0.2, -0.15) is 0 Å². The molecule has 6 heteroatoms. The van der Waals surface area contributed by atoms with E-state index in [-0.39, 0.29) is 18.1 Å². The average molecular weight is 280 g/mol. The molecule has 0 aromatic heterocycles. The Balaban J connectivity index is 1.64. The minimum absolute atomic E-state index is 0.149. The van der Waals surface area contributed by atoms with Crippen molar-refractivity contribution in [2.24, 2.45) is 11.8 Å². The fraction of sp³-hybridized carbons (Fsp3) is 0.714. The van der Waals surface area contributed by atoms with Gasteiger partial charge in [-0.05, 0) is 33.0 Å². The number of amides is 1. The molecule has 0 aliphatic carbocycles. The van der Waals surface area contributed by atoms with Gasteiger partial charge in [-0.25, -0.2) is 0 Å². The third-order valence-corrected chi connectivity index (χ3v) is 4.55. The smallest absolute Gasteiger partial charge is 0.310 e. The van der Waals surface area contributed by atoms with Gasteiger partial charge in [0.05, 0.1) is 18.1 Å². The summed E-state index contributed by atoms with van der Waals surface area (Å²) in [5, 5.41) is 12.3. The van der Waals surface area contributed by atoms with Crippen molar-refractivity contribution < 1.29 is 19.4 Å². The van der Waals surface area contributed by atoms with E-state index >= 15 is 0 Å². The van der Waals surface area contributed by atoms with E-state index in [1.165, 1.54) is 0 Å². The highest BCUT2D eigenvalue weighted by molar-refractivity contribution is 5.87. The number of carboxylic acid groups (broad SMARTS) is 1. The molecule has 0 radical (unpaired) electrons. The predicted octanol–water partition coefficient (Wildman–Crippen LogP) is -0.149. The molecule has 0 saturated carbocycles. The minimum atomic E-state index is -0.953. The second-order valence-electron chi connectivity index (χ2n) is 5.93. The highest BCUT2D eigenvalue weighted by atomic mass is 16.5. The van der Waals surface area contributed by atoms with Crippen LogP contribution < -0.4 is 5.32 Å². The first-order valence-electron chi connectivity index (χ1n) is 7.12. The molecule has 2 bridgehead atoms. The number of nitrogens with one attached hydrogen (secondary N) is 1. The highest BCUT2D eigenvalue weighted by Gasteiger charge is 2.53. The number of aliphatic carboxylic acids is 1. The van der Waals surface area contributed by atoms with Crippen LogP contribution in [-0.2, 0) is 14.3 Å². The number of nitrogens with zero attached hydrogens (tertiary/aromatic N) is 1. The van der Waals surface area contributed by atoms with Crippen molar-refractivity contribution in [1.82, 2.24) is 10.2 Å². The summed E-state index contributed by atoms with van der Waals surface area (Å²) in [7, 11) is 2.06. The maximum atomic E-state index is 12.4. The summed E-state index contributed by atoms with van der Waals surface area (Å²) in [5.74, 6) is -2.48. The van der Waals surface area contributed by atoms with E-state index in [0.717, 1.165) is 25.9 Å². The predicted molar refractivity (Wildman–Crippen MR) is 71.1 cm³/mol. The third kappa shape index (κ3) is 2.33. The number of hydrogen-bond donors (Lipinski definition) is 2. The van der Waals surface area contributed by atoms with Gasteiger partial charge >= 0.3 is 5.97 Å². The normalized spacial score (nSPS) is 37.2. The lowest BCUT2D eigenvalue weighted by molar-refractivity contribution is -0.146. The number of rotatable bonds is 3. The number of piperidine rings is 1. The maximum Gasteiger partial charge on any atom is 0.310 e. The number of ether oxygens (including phenoxy) is 1. The fourth-order valence-electron chi connectivity index (χ4n) is 3.37. The highest BCUT2D eigenvalue weighted by Crippen LogP contribution is 2.39. The van der Waals surface area contributed by atoms with Crippen LogP contribution in [0, 0.1) is 11.8 Å². The van der Waals surface area contributed by atoms with Crippen LogP contribution in [-0.4, -0.2) is 60.3 Å².